The largest absolute Gasteiger partial charge is 0.379 e. The van der Waals surface area contributed by atoms with Crippen molar-refractivity contribution in [3.63, 3.8) is 0 Å². The predicted octanol–water partition coefficient (Wildman–Crippen LogP) is 4.97. The van der Waals surface area contributed by atoms with Crippen molar-refractivity contribution in [2.45, 2.75) is 39.0 Å². The van der Waals surface area contributed by atoms with Crippen LogP contribution in [-0.4, -0.2) is 11.5 Å². The van der Waals surface area contributed by atoms with Crippen LogP contribution in [0, 0.1) is 31.3 Å². The summed E-state index contributed by atoms with van der Waals surface area (Å²) >= 11 is 1.77. The van der Waals surface area contributed by atoms with Crippen molar-refractivity contribution in [2.24, 2.45) is 11.8 Å². The molecule has 0 saturated heterocycles. The molecule has 0 spiro atoms. The molecule has 0 bridgehead atoms. The summed E-state index contributed by atoms with van der Waals surface area (Å²) in [4.78, 5) is 10.6. The zero-order chi connectivity index (χ0) is 15.4. The lowest BCUT2D eigenvalue weighted by Crippen LogP contribution is -2.17. The average Bonchev–Trinajstić information content (AvgIpc) is 2.42. The molecule has 0 amide bonds. The van der Waals surface area contributed by atoms with Gasteiger partial charge < -0.3 is 5.32 Å². The van der Waals surface area contributed by atoms with E-state index >= 15 is 0 Å². The number of benzene rings is 1. The Morgan fingerprint density at radius 2 is 2.24 bits per heavy atom. The molecule has 2 unspecified atom stereocenters. The van der Waals surface area contributed by atoms with Gasteiger partial charge in [-0.1, -0.05) is 26.2 Å². The van der Waals surface area contributed by atoms with Crippen LogP contribution in [0.3, 0.4) is 0 Å². The van der Waals surface area contributed by atoms with E-state index in [2.05, 4.69) is 12.2 Å². The van der Waals surface area contributed by atoms with Crippen LogP contribution >= 0.6 is 22.6 Å². The van der Waals surface area contributed by atoms with Gasteiger partial charge in [-0.25, -0.2) is 4.39 Å². The van der Waals surface area contributed by atoms with E-state index in [1.165, 1.54) is 37.8 Å². The quantitative estimate of drug-likeness (QED) is 0.427. The van der Waals surface area contributed by atoms with E-state index in [0.29, 0.717) is 12.5 Å². The second kappa shape index (κ2) is 7.38. The van der Waals surface area contributed by atoms with Crippen molar-refractivity contribution in [2.75, 3.05) is 11.9 Å². The Kier molecular flexibility index (Phi) is 5.78. The number of nitro benzene ring substituents is 1. The molecule has 2 atom stereocenters. The number of hydrogen-bond donors (Lipinski definition) is 1. The SMILES string of the molecule is CC1CCCC(CCNc2cc(F)c(I)cc2[N+](=O)[O-])C1. The zero-order valence-corrected chi connectivity index (χ0v) is 14.2. The number of rotatable bonds is 5. The maximum absolute atomic E-state index is 13.6. The summed E-state index contributed by atoms with van der Waals surface area (Å²) in [6, 6.07) is 2.50. The number of anilines is 1. The van der Waals surface area contributed by atoms with E-state index in [1.807, 2.05) is 0 Å². The molecule has 1 saturated carbocycles. The highest BCUT2D eigenvalue weighted by Gasteiger charge is 2.20. The minimum absolute atomic E-state index is 0.0576. The molecule has 1 aromatic carbocycles. The molecule has 1 fully saturated rings. The molecule has 0 aromatic heterocycles. The van der Waals surface area contributed by atoms with Crippen LogP contribution in [0.25, 0.3) is 0 Å². The lowest BCUT2D eigenvalue weighted by atomic mass is 9.81. The number of nitrogens with zero attached hydrogens (tertiary/aromatic N) is 1. The van der Waals surface area contributed by atoms with Crippen LogP contribution in [0.1, 0.15) is 39.0 Å². The molecular formula is C15H20FIN2O2. The highest BCUT2D eigenvalue weighted by Crippen LogP contribution is 2.32. The highest BCUT2D eigenvalue weighted by molar-refractivity contribution is 14.1. The van der Waals surface area contributed by atoms with E-state index in [1.54, 1.807) is 22.6 Å². The number of hydrogen-bond acceptors (Lipinski definition) is 3. The maximum atomic E-state index is 13.6. The predicted molar refractivity (Wildman–Crippen MR) is 90.0 cm³/mol. The Morgan fingerprint density at radius 1 is 1.48 bits per heavy atom. The molecule has 21 heavy (non-hydrogen) atoms. The molecule has 2 rings (SSSR count). The van der Waals surface area contributed by atoms with Crippen LogP contribution < -0.4 is 5.32 Å². The first-order valence-electron chi connectivity index (χ1n) is 7.34. The van der Waals surface area contributed by atoms with Gasteiger partial charge in [-0.3, -0.25) is 10.1 Å². The molecule has 1 aliphatic carbocycles. The first-order valence-corrected chi connectivity index (χ1v) is 8.42. The van der Waals surface area contributed by atoms with Crippen LogP contribution in [0.5, 0.6) is 0 Å². The zero-order valence-electron chi connectivity index (χ0n) is 12.1. The van der Waals surface area contributed by atoms with E-state index in [9.17, 15) is 14.5 Å². The van der Waals surface area contributed by atoms with Gasteiger partial charge in [0, 0.05) is 18.7 Å². The lowest BCUT2D eigenvalue weighted by Gasteiger charge is -2.26. The number of nitrogens with one attached hydrogen (secondary N) is 1. The normalized spacial score (nSPS) is 22.0. The first kappa shape index (κ1) is 16.5. The van der Waals surface area contributed by atoms with Crippen LogP contribution in [0.2, 0.25) is 0 Å². The molecule has 1 N–H and O–H groups in total. The summed E-state index contributed by atoms with van der Waals surface area (Å²) in [5.74, 6) is 1.03. The molecule has 1 aliphatic rings. The van der Waals surface area contributed by atoms with Crippen molar-refractivity contribution < 1.29 is 9.31 Å². The number of nitro groups is 1. The van der Waals surface area contributed by atoms with Crippen molar-refractivity contribution in [3.8, 4) is 0 Å². The minimum Gasteiger partial charge on any atom is -0.379 e. The molecule has 1 aromatic rings. The maximum Gasteiger partial charge on any atom is 0.293 e. The Balaban J connectivity index is 1.96. The third kappa shape index (κ3) is 4.52. The highest BCUT2D eigenvalue weighted by atomic mass is 127. The van der Waals surface area contributed by atoms with Gasteiger partial charge in [0.1, 0.15) is 11.5 Å². The Labute approximate surface area is 137 Å². The fraction of sp³-hybridized carbons (Fsp3) is 0.600. The Hall–Kier alpha value is -0.920. The summed E-state index contributed by atoms with van der Waals surface area (Å²) in [7, 11) is 0. The Morgan fingerprint density at radius 3 is 2.90 bits per heavy atom. The van der Waals surface area contributed by atoms with Crippen molar-refractivity contribution >= 4 is 34.0 Å². The summed E-state index contributed by atoms with van der Waals surface area (Å²) in [5, 5.41) is 14.1. The summed E-state index contributed by atoms with van der Waals surface area (Å²) in [5.41, 5.74) is 0.222. The summed E-state index contributed by atoms with van der Waals surface area (Å²) in [6.45, 7) is 2.93. The first-order chi connectivity index (χ1) is 9.97. The second-order valence-corrected chi connectivity index (χ2v) is 7.06. The van der Waals surface area contributed by atoms with E-state index in [4.69, 9.17) is 0 Å². The van der Waals surface area contributed by atoms with Crippen molar-refractivity contribution in [1.82, 2.24) is 0 Å². The summed E-state index contributed by atoms with van der Waals surface area (Å²) in [6.07, 6.45) is 6.01. The van der Waals surface area contributed by atoms with E-state index < -0.39 is 10.7 Å². The lowest BCUT2D eigenvalue weighted by molar-refractivity contribution is -0.384. The van der Waals surface area contributed by atoms with Gasteiger partial charge in [0.2, 0.25) is 0 Å². The van der Waals surface area contributed by atoms with Crippen LogP contribution in [0.15, 0.2) is 12.1 Å². The topological polar surface area (TPSA) is 55.2 Å². The standard InChI is InChI=1S/C15H20FIN2O2/c1-10-3-2-4-11(7-10)5-6-18-14-8-12(16)13(17)9-15(14)19(20)21/h8-11,18H,2-7H2,1H3. The molecule has 4 nitrogen and oxygen atoms in total. The molecule has 0 heterocycles. The summed E-state index contributed by atoms with van der Waals surface area (Å²) < 4.78 is 13.9. The fourth-order valence-electron chi connectivity index (χ4n) is 3.06. The van der Waals surface area contributed by atoms with Gasteiger partial charge in [-0.05, 0) is 47.3 Å². The fourth-order valence-corrected chi connectivity index (χ4v) is 3.51. The average molecular weight is 406 g/mol. The Bertz CT molecular complexity index is 525. The van der Waals surface area contributed by atoms with E-state index in [-0.39, 0.29) is 14.9 Å². The van der Waals surface area contributed by atoms with Crippen LogP contribution in [-0.2, 0) is 0 Å². The monoisotopic (exact) mass is 406 g/mol. The van der Waals surface area contributed by atoms with Gasteiger partial charge in [0.15, 0.2) is 0 Å². The smallest absolute Gasteiger partial charge is 0.293 e. The third-order valence-corrected chi connectivity index (χ3v) is 4.98. The molecule has 6 heteroatoms. The van der Waals surface area contributed by atoms with Gasteiger partial charge in [0.05, 0.1) is 8.49 Å². The van der Waals surface area contributed by atoms with Gasteiger partial charge in [-0.15, -0.1) is 0 Å². The molecule has 0 radical (unpaired) electrons. The van der Waals surface area contributed by atoms with Crippen molar-refractivity contribution in [3.05, 3.63) is 31.6 Å². The van der Waals surface area contributed by atoms with Gasteiger partial charge >= 0.3 is 0 Å². The number of halogens is 2. The van der Waals surface area contributed by atoms with Crippen LogP contribution in [0.4, 0.5) is 15.8 Å². The molecule has 116 valence electrons. The minimum atomic E-state index is -0.466. The van der Waals surface area contributed by atoms with E-state index in [0.717, 1.165) is 12.3 Å². The molecule has 0 aliphatic heterocycles. The van der Waals surface area contributed by atoms with Gasteiger partial charge in [0.25, 0.3) is 5.69 Å². The third-order valence-electron chi connectivity index (χ3n) is 4.15. The second-order valence-electron chi connectivity index (χ2n) is 5.89. The van der Waals surface area contributed by atoms with Crippen molar-refractivity contribution in [1.29, 1.82) is 0 Å². The molecular weight excluding hydrogens is 386 g/mol. The van der Waals surface area contributed by atoms with Gasteiger partial charge in [-0.2, -0.15) is 0 Å².